The van der Waals surface area contributed by atoms with Crippen molar-refractivity contribution in [3.63, 3.8) is 0 Å². The Morgan fingerprint density at radius 3 is 1.76 bits per heavy atom. The normalized spacial score (nSPS) is 12.4. The van der Waals surface area contributed by atoms with E-state index in [-0.39, 0.29) is 96.2 Å². The number of nitrogens with one attached hydrogen (secondary N) is 5. The zero-order valence-corrected chi connectivity index (χ0v) is 30.3. The fraction of sp³-hybridized carbons (Fsp3) is 0.647. The summed E-state index contributed by atoms with van der Waals surface area (Å²) in [7, 11) is 0. The molecule has 1 aromatic rings. The van der Waals surface area contributed by atoms with Gasteiger partial charge in [-0.25, -0.2) is 4.79 Å². The summed E-state index contributed by atoms with van der Waals surface area (Å²) < 4.78 is 60.6. The molecule has 0 unspecified atom stereocenters. The van der Waals surface area contributed by atoms with E-state index in [0.717, 1.165) is 12.1 Å². The number of amides is 4. The Balaban J connectivity index is 2.01. The van der Waals surface area contributed by atoms with Gasteiger partial charge in [0.2, 0.25) is 23.6 Å². The van der Waals surface area contributed by atoms with E-state index >= 15 is 0 Å². The summed E-state index contributed by atoms with van der Waals surface area (Å²) in [5, 5.41) is 31.3. The van der Waals surface area contributed by atoms with Crippen molar-refractivity contribution in [3.05, 3.63) is 35.4 Å². The average Bonchev–Trinajstić information content (AvgIpc) is 3.11. The van der Waals surface area contributed by atoms with E-state index in [1.54, 1.807) is 0 Å². The Labute approximate surface area is 311 Å². The van der Waals surface area contributed by atoms with Crippen molar-refractivity contribution in [2.45, 2.75) is 63.7 Å². The molecule has 0 saturated heterocycles. The highest BCUT2D eigenvalue weighted by Crippen LogP contribution is 2.32. The van der Waals surface area contributed by atoms with Gasteiger partial charge >= 0.3 is 18.1 Å². The lowest BCUT2D eigenvalue weighted by Gasteiger charge is -2.16. The van der Waals surface area contributed by atoms with Gasteiger partial charge in [0.1, 0.15) is 25.3 Å². The SMILES string of the molecule is CCN[C@@H](CCCCNC(=O)COCCOCCNC(=O)COCCOCCNC(=O)CC[C@H](NC(=O)Cc1ccccc1C(F)(F)F)C(=O)O)C(=O)O. The Kier molecular flexibility index (Phi) is 24.8. The van der Waals surface area contributed by atoms with Crippen LogP contribution in [-0.4, -0.2) is 137 Å². The summed E-state index contributed by atoms with van der Waals surface area (Å²) in [5.74, 6) is -4.45. The molecule has 0 aliphatic heterocycles. The van der Waals surface area contributed by atoms with E-state index in [4.69, 9.17) is 24.1 Å². The fourth-order valence-corrected chi connectivity index (χ4v) is 4.65. The molecule has 0 spiro atoms. The number of aliphatic carboxylic acids is 2. The van der Waals surface area contributed by atoms with Gasteiger partial charge in [-0.05, 0) is 43.9 Å². The van der Waals surface area contributed by atoms with Crippen molar-refractivity contribution >= 4 is 35.6 Å². The van der Waals surface area contributed by atoms with Gasteiger partial charge in [0.25, 0.3) is 0 Å². The molecule has 54 heavy (non-hydrogen) atoms. The number of carbonyl (C=O) groups is 6. The fourth-order valence-electron chi connectivity index (χ4n) is 4.65. The highest BCUT2D eigenvalue weighted by molar-refractivity contribution is 5.86. The minimum atomic E-state index is -4.68. The molecule has 0 aromatic heterocycles. The molecule has 1 aromatic carbocycles. The van der Waals surface area contributed by atoms with E-state index in [9.17, 15) is 47.0 Å². The number of rotatable bonds is 31. The summed E-state index contributed by atoms with van der Waals surface area (Å²) in [6, 6.07) is 2.39. The molecular weight excluding hydrogens is 727 g/mol. The maximum Gasteiger partial charge on any atom is 0.416 e. The molecule has 0 bridgehead atoms. The zero-order valence-electron chi connectivity index (χ0n) is 30.3. The number of benzene rings is 1. The van der Waals surface area contributed by atoms with Gasteiger partial charge < -0.3 is 55.7 Å². The van der Waals surface area contributed by atoms with Crippen LogP contribution in [0.4, 0.5) is 13.2 Å². The maximum absolute atomic E-state index is 13.2. The van der Waals surface area contributed by atoms with Gasteiger partial charge in [-0.1, -0.05) is 25.1 Å². The summed E-state index contributed by atoms with van der Waals surface area (Å²) in [6.07, 6.45) is -4.15. The van der Waals surface area contributed by atoms with E-state index in [1.807, 2.05) is 6.92 Å². The van der Waals surface area contributed by atoms with E-state index < -0.39 is 54.0 Å². The molecule has 7 N–H and O–H groups in total. The molecule has 0 saturated carbocycles. The lowest BCUT2D eigenvalue weighted by Crippen LogP contribution is -2.42. The lowest BCUT2D eigenvalue weighted by atomic mass is 10.0. The summed E-state index contributed by atoms with van der Waals surface area (Å²) in [4.78, 5) is 70.6. The Hall–Kier alpha value is -4.37. The molecule has 0 aliphatic carbocycles. The molecule has 0 radical (unpaired) electrons. The van der Waals surface area contributed by atoms with Gasteiger partial charge in [0, 0.05) is 26.1 Å². The number of carbonyl (C=O) groups excluding carboxylic acids is 4. The van der Waals surface area contributed by atoms with E-state index in [0.29, 0.717) is 32.4 Å². The van der Waals surface area contributed by atoms with Crippen LogP contribution in [0.5, 0.6) is 0 Å². The molecule has 20 heteroatoms. The van der Waals surface area contributed by atoms with Crippen molar-refractivity contribution in [1.29, 1.82) is 0 Å². The molecule has 2 atom stereocenters. The van der Waals surface area contributed by atoms with Crippen LogP contribution in [-0.2, 0) is 60.3 Å². The van der Waals surface area contributed by atoms with Gasteiger partial charge in [-0.15, -0.1) is 0 Å². The predicted octanol–water partition coefficient (Wildman–Crippen LogP) is 0.246. The number of unbranched alkanes of at least 4 members (excludes halogenated alkanes) is 1. The van der Waals surface area contributed by atoms with Crippen molar-refractivity contribution in [3.8, 4) is 0 Å². The van der Waals surface area contributed by atoms with Crippen LogP contribution in [0.15, 0.2) is 24.3 Å². The molecular formula is C34H52F3N5O12. The largest absolute Gasteiger partial charge is 0.480 e. The number of carboxylic acids is 2. The average molecular weight is 780 g/mol. The first-order chi connectivity index (χ1) is 25.7. The van der Waals surface area contributed by atoms with Crippen LogP contribution in [0.1, 0.15) is 50.2 Å². The molecule has 0 aliphatic rings. The summed E-state index contributed by atoms with van der Waals surface area (Å²) >= 11 is 0. The summed E-state index contributed by atoms with van der Waals surface area (Å²) in [6.45, 7) is 3.70. The van der Waals surface area contributed by atoms with Crippen LogP contribution in [0.3, 0.4) is 0 Å². The molecule has 0 fully saturated rings. The minimum absolute atomic E-state index is 0.0886. The highest BCUT2D eigenvalue weighted by atomic mass is 19.4. The third-order valence-electron chi connectivity index (χ3n) is 7.30. The van der Waals surface area contributed by atoms with Gasteiger partial charge in [0.05, 0.1) is 51.6 Å². The standard InChI is InChI=1S/C34H52F3N5O12/c1-2-38-26(32(47)48)9-5-6-12-39-30(45)22-53-19-18-52-16-14-41-31(46)23-54-20-17-51-15-13-40-28(43)11-10-27(33(49)50)42-29(44)21-24-7-3-4-8-25(24)34(35,36)37/h3-4,7-8,26-27,38H,2,5-6,9-23H2,1H3,(H,39,45)(H,40,43)(H,41,46)(H,42,44)(H,47,48)(H,49,50)/t26-,27-/m0/s1. The maximum atomic E-state index is 13.2. The second kappa shape index (κ2) is 28.1. The topological polar surface area (TPSA) is 240 Å². The van der Waals surface area contributed by atoms with Crippen LogP contribution in [0.25, 0.3) is 0 Å². The van der Waals surface area contributed by atoms with Crippen molar-refractivity contribution in [2.75, 3.05) is 79.0 Å². The third kappa shape index (κ3) is 23.3. The number of halogens is 3. The van der Waals surface area contributed by atoms with Crippen LogP contribution in [0.2, 0.25) is 0 Å². The monoisotopic (exact) mass is 779 g/mol. The van der Waals surface area contributed by atoms with E-state index in [2.05, 4.69) is 26.6 Å². The smallest absolute Gasteiger partial charge is 0.416 e. The lowest BCUT2D eigenvalue weighted by molar-refractivity contribution is -0.142. The second-order valence-electron chi connectivity index (χ2n) is 11.7. The van der Waals surface area contributed by atoms with E-state index in [1.165, 1.54) is 12.1 Å². The summed E-state index contributed by atoms with van der Waals surface area (Å²) in [5.41, 5.74) is -1.30. The Morgan fingerprint density at radius 2 is 1.20 bits per heavy atom. The minimum Gasteiger partial charge on any atom is -0.480 e. The van der Waals surface area contributed by atoms with Gasteiger partial charge in [-0.3, -0.25) is 24.0 Å². The number of carboxylic acid groups (broad SMARTS) is 2. The van der Waals surface area contributed by atoms with Gasteiger partial charge in [-0.2, -0.15) is 13.2 Å². The van der Waals surface area contributed by atoms with Crippen LogP contribution < -0.4 is 26.6 Å². The third-order valence-corrected chi connectivity index (χ3v) is 7.30. The number of alkyl halides is 3. The first kappa shape index (κ1) is 47.7. The number of likely N-dealkylation sites (N-methyl/N-ethyl adjacent to an activating group) is 1. The molecule has 17 nitrogen and oxygen atoms in total. The molecule has 0 heterocycles. The molecule has 4 amide bonds. The first-order valence-corrected chi connectivity index (χ1v) is 17.5. The number of ether oxygens (including phenoxy) is 4. The molecule has 306 valence electrons. The second-order valence-corrected chi connectivity index (χ2v) is 11.7. The first-order valence-electron chi connectivity index (χ1n) is 17.5. The Morgan fingerprint density at radius 1 is 0.667 bits per heavy atom. The van der Waals surface area contributed by atoms with Crippen molar-refractivity contribution in [1.82, 2.24) is 26.6 Å². The molecule has 1 rings (SSSR count). The number of hydrogen-bond acceptors (Lipinski definition) is 11. The number of hydrogen-bond donors (Lipinski definition) is 7. The van der Waals surface area contributed by atoms with Crippen molar-refractivity contribution in [2.24, 2.45) is 0 Å². The van der Waals surface area contributed by atoms with Crippen LogP contribution in [0, 0.1) is 0 Å². The zero-order chi connectivity index (χ0) is 40.2. The van der Waals surface area contributed by atoms with Crippen molar-refractivity contribution < 1.29 is 71.1 Å². The van der Waals surface area contributed by atoms with Gasteiger partial charge in [0.15, 0.2) is 0 Å². The van der Waals surface area contributed by atoms with Crippen LogP contribution >= 0.6 is 0 Å². The highest BCUT2D eigenvalue weighted by Gasteiger charge is 2.33. The predicted molar refractivity (Wildman–Crippen MR) is 185 cm³/mol. The Bertz CT molecular complexity index is 1310. The quantitative estimate of drug-likeness (QED) is 0.0501.